The lowest BCUT2D eigenvalue weighted by atomic mass is 10.2. The molecule has 0 saturated heterocycles. The van der Waals surface area contributed by atoms with E-state index in [1.54, 1.807) is 82.0 Å². The van der Waals surface area contributed by atoms with Gasteiger partial charge in [-0.15, -0.1) is 24.8 Å². The lowest BCUT2D eigenvalue weighted by Gasteiger charge is -2.19. The van der Waals surface area contributed by atoms with Gasteiger partial charge in [0.05, 0.1) is 85.5 Å². The number of esters is 2. The number of amides is 1. The number of carboxylic acids is 1. The van der Waals surface area contributed by atoms with Gasteiger partial charge in [-0.2, -0.15) is 0 Å². The number of hydrogen-bond donors (Lipinski definition) is 7. The van der Waals surface area contributed by atoms with Gasteiger partial charge >= 0.3 is 29.6 Å². The molecule has 0 aromatic carbocycles. The van der Waals surface area contributed by atoms with Crippen LogP contribution in [0.15, 0.2) is 189 Å². The van der Waals surface area contributed by atoms with Crippen molar-refractivity contribution in [2.75, 3.05) is 42.5 Å². The van der Waals surface area contributed by atoms with Gasteiger partial charge < -0.3 is 84.4 Å². The number of methoxy groups -OCH3 is 2. The number of nitrogens with one attached hydrogen (secondary N) is 1. The fourth-order valence-corrected chi connectivity index (χ4v) is 10.3. The van der Waals surface area contributed by atoms with Crippen molar-refractivity contribution in [3.63, 3.8) is 0 Å². The van der Waals surface area contributed by atoms with Gasteiger partial charge in [-0.25, -0.2) is 59.1 Å². The third kappa shape index (κ3) is 25.2. The lowest BCUT2D eigenvalue weighted by Crippen LogP contribution is -2.30. The van der Waals surface area contributed by atoms with E-state index in [2.05, 4.69) is 19.2 Å². The molecule has 6 unspecified atom stereocenters. The second-order valence-electron chi connectivity index (χ2n) is 27.5. The van der Waals surface area contributed by atoms with E-state index in [0.29, 0.717) is 51.4 Å². The lowest BCUT2D eigenvalue weighted by molar-refractivity contribution is 0.0587. The maximum atomic E-state index is 13.0. The summed E-state index contributed by atoms with van der Waals surface area (Å²) in [5.41, 5.74) is 22.8. The quantitative estimate of drug-likeness (QED) is 0.0363. The zero-order valence-electron chi connectivity index (χ0n) is 61.6. The van der Waals surface area contributed by atoms with Crippen LogP contribution in [0.2, 0.25) is 0 Å². The van der Waals surface area contributed by atoms with Crippen molar-refractivity contribution in [1.29, 1.82) is 0 Å². The summed E-state index contributed by atoms with van der Waals surface area (Å²) in [5, 5.41) is 11.0. The Bertz CT molecular complexity index is 4920. The Morgan fingerprint density at radius 3 is 0.912 bits per heavy atom. The predicted molar refractivity (Wildman–Crippen MR) is 409 cm³/mol. The first kappa shape index (κ1) is 91.3. The van der Waals surface area contributed by atoms with Gasteiger partial charge in [0.2, 0.25) is 0 Å². The number of carbonyl (C=O) groups excluding carboxylic acids is 3. The molecule has 8 saturated carbocycles. The van der Waals surface area contributed by atoms with Crippen molar-refractivity contribution >= 4 is 77.3 Å². The molecule has 0 aliphatic heterocycles. The van der Waals surface area contributed by atoms with Crippen molar-refractivity contribution in [1.82, 2.24) is 32.0 Å². The molecule has 8 heterocycles. The van der Waals surface area contributed by atoms with Crippen LogP contribution in [0.1, 0.15) is 146 Å². The minimum absolute atomic E-state index is 0. The number of pyridine rings is 7. The number of alkyl halides is 8. The van der Waals surface area contributed by atoms with Crippen LogP contribution in [0, 0.1) is 0 Å². The van der Waals surface area contributed by atoms with Crippen LogP contribution in [0.4, 0.5) is 68.4 Å². The summed E-state index contributed by atoms with van der Waals surface area (Å²) in [5.74, 6) is -2.65. The zero-order valence-corrected chi connectivity index (χ0v) is 63.2. The molecule has 30 nitrogen and oxygen atoms in total. The largest absolute Gasteiger partial charge is 0.477 e. The van der Waals surface area contributed by atoms with E-state index in [1.165, 1.54) is 127 Å². The Morgan fingerprint density at radius 1 is 0.404 bits per heavy atom. The summed E-state index contributed by atoms with van der Waals surface area (Å²) in [6, 6.07) is 21.6. The van der Waals surface area contributed by atoms with E-state index in [0.717, 1.165) is 4.57 Å². The third-order valence-corrected chi connectivity index (χ3v) is 17.4. The molecule has 0 spiro atoms. The molecule has 618 valence electrons. The SMILES string of the molecule is CC(C)(C)OC(=O)Nc1cccn([C@@H]2CC2F)c1=O.COC(=O)c1cccn([C@@H]2CC2F)c1=O.COC(=O)c1cccoc1=O.Cl.Cl.N[C@@H]1CC1F.Nc1cccn([C@@H]2CC2F)c1=O.Nc1cccn([C@@H]2CC2F)c1=O.Nc1cccn([C@@H]2C[C@H]2F)c1=O.Nc1cccn([C@H]2C[C@@H]2F)c1=O.O=C(O)c1cccn([C@@H]2CC2F)c1=O. The average molecular weight is 1650 g/mol. The second-order valence-corrected chi connectivity index (χ2v) is 27.5. The molecule has 8 aliphatic rings. The average Bonchev–Trinajstić information content (AvgIpc) is 1.67. The Morgan fingerprint density at radius 2 is 0.649 bits per heavy atom. The van der Waals surface area contributed by atoms with Crippen LogP contribution in [-0.2, 0) is 14.2 Å². The number of anilines is 5. The summed E-state index contributed by atoms with van der Waals surface area (Å²) in [6.45, 7) is 5.19. The maximum absolute atomic E-state index is 13.0. The van der Waals surface area contributed by atoms with Crippen molar-refractivity contribution in [3.8, 4) is 0 Å². The minimum atomic E-state index is -1.28. The van der Waals surface area contributed by atoms with Crippen molar-refractivity contribution in [2.24, 2.45) is 5.73 Å². The van der Waals surface area contributed by atoms with Crippen molar-refractivity contribution in [2.45, 2.75) is 175 Å². The van der Waals surface area contributed by atoms with Gasteiger partial charge in [-0.05, 0) is 124 Å². The summed E-state index contributed by atoms with van der Waals surface area (Å²) in [7, 11) is 2.41. The van der Waals surface area contributed by atoms with Crippen LogP contribution < -0.4 is 78.5 Å². The monoisotopic (exact) mass is 1650 g/mol. The number of carboxylic acid groups (broad SMARTS) is 1. The number of aromatic nitrogens is 7. The maximum Gasteiger partial charge on any atom is 0.412 e. The number of nitrogens with zero attached hydrogens (tertiary/aromatic N) is 7. The summed E-state index contributed by atoms with van der Waals surface area (Å²) >= 11 is 0. The van der Waals surface area contributed by atoms with E-state index < -0.39 is 119 Å². The number of aromatic carboxylic acids is 1. The highest BCUT2D eigenvalue weighted by atomic mass is 35.5. The number of halogens is 10. The molecular weight excluding hydrogens is 1570 g/mol. The van der Waals surface area contributed by atoms with E-state index in [4.69, 9.17) is 38.5 Å². The number of rotatable bonds is 11. The van der Waals surface area contributed by atoms with E-state index in [9.17, 15) is 92.7 Å². The molecule has 8 fully saturated rings. The first-order valence-electron chi connectivity index (χ1n) is 34.8. The first-order valence-corrected chi connectivity index (χ1v) is 34.8. The number of nitrogen functional groups attached to an aromatic ring is 4. The molecule has 1 amide bonds. The zero-order chi connectivity index (χ0) is 82.5. The molecule has 8 aromatic heterocycles. The molecule has 16 rings (SSSR count). The fraction of sp³-hybridized carbons (Fsp3) is 0.405. The summed E-state index contributed by atoms with van der Waals surface area (Å²) < 4.78 is 128. The minimum Gasteiger partial charge on any atom is -0.477 e. The Balaban J connectivity index is 0.000000201. The summed E-state index contributed by atoms with van der Waals surface area (Å²) in [6.07, 6.45) is 7.38. The first-order chi connectivity index (χ1) is 52.9. The van der Waals surface area contributed by atoms with Gasteiger partial charge in [-0.3, -0.25) is 38.9 Å². The molecule has 40 heteroatoms. The fourth-order valence-electron chi connectivity index (χ4n) is 10.3. The van der Waals surface area contributed by atoms with Gasteiger partial charge in [0, 0.05) is 94.4 Å². The Hall–Kier alpha value is -11.5. The molecular formula is C74H85Cl2F8N13O17. The van der Waals surface area contributed by atoms with Gasteiger partial charge in [0.1, 0.15) is 77.4 Å². The van der Waals surface area contributed by atoms with Crippen molar-refractivity contribution in [3.05, 3.63) is 246 Å². The highest BCUT2D eigenvalue weighted by Crippen LogP contribution is 2.42. The smallest absolute Gasteiger partial charge is 0.412 e. The predicted octanol–water partition coefficient (Wildman–Crippen LogP) is 8.40. The Labute approximate surface area is 654 Å². The summed E-state index contributed by atoms with van der Waals surface area (Å²) in [4.78, 5) is 135. The van der Waals surface area contributed by atoms with Crippen LogP contribution in [0.5, 0.6) is 0 Å². The highest BCUT2D eigenvalue weighted by molar-refractivity contribution is 5.89. The third-order valence-electron chi connectivity index (χ3n) is 17.4. The highest BCUT2D eigenvalue weighted by Gasteiger charge is 2.44. The van der Waals surface area contributed by atoms with Crippen LogP contribution >= 0.6 is 24.8 Å². The van der Waals surface area contributed by atoms with E-state index in [-0.39, 0.29) is 122 Å². The van der Waals surface area contributed by atoms with E-state index in [1.807, 2.05) is 0 Å². The molecule has 8 aromatic rings. The molecule has 8 aliphatic carbocycles. The Kier molecular flexibility index (Phi) is 31.9. The van der Waals surface area contributed by atoms with Gasteiger partial charge in [0.15, 0.2) is 0 Å². The molecule has 114 heavy (non-hydrogen) atoms. The van der Waals surface area contributed by atoms with Crippen LogP contribution in [0.25, 0.3) is 0 Å². The molecule has 0 bridgehead atoms. The van der Waals surface area contributed by atoms with E-state index >= 15 is 0 Å². The molecule has 12 N–H and O–H groups in total. The molecule has 0 radical (unpaired) electrons. The van der Waals surface area contributed by atoms with Crippen molar-refractivity contribution < 1.29 is 78.0 Å². The number of carbonyl (C=O) groups is 4. The van der Waals surface area contributed by atoms with Gasteiger partial charge in [0.25, 0.3) is 38.9 Å². The molecule has 16 atom stereocenters. The van der Waals surface area contributed by atoms with Gasteiger partial charge in [-0.1, -0.05) is 0 Å². The normalized spacial score (nSPS) is 24.2. The number of hydrogen-bond acceptors (Lipinski definition) is 21. The van der Waals surface area contributed by atoms with Crippen LogP contribution in [0.3, 0.4) is 0 Å². The van der Waals surface area contributed by atoms with Crippen LogP contribution in [-0.4, -0.2) is 136 Å². The standard InChI is InChI=1S/C13H17FN2O3.C10H10FNO3.C9H8FNO3.4C8H9FN2O.C7H6O4.C3H6FN.2ClH/c1-13(2,3)19-12(18)15-9-5-4-6-16(11(9)17)10-7-8(10)14;1-15-10(14)6-3-2-4-12(9(6)13)8-5-7(8)11;10-6-4-7(6)11-3-1-2-5(8(11)12)9(13)14;4*9-5-4-7(5)11-3-1-2-6(10)8(11)12;1-10-6(8)5-3-2-4-11-7(5)9;4-2-1-3(2)5;;/h4-6,8,10H,7H2,1-3H3,(H,15,18);2-4,7-8H,5H2,1H3;1-3,6-7H,4H2,(H,13,14);4*1-3,5,7H,4,10H2;2-4H,1H3;2-3H,1,5H2;2*1H/t8?,10-;7?,8-;6?,7-;2*5?,7-;2*5-,7-;;2?,3-;;/m1111110.1../s1. The number of ether oxygens (including phenoxy) is 3. The topological polar surface area (TPSA) is 443 Å². The number of nitrogens with two attached hydrogens (primary N) is 5. The second kappa shape index (κ2) is 39.8.